The molecule has 0 spiro atoms. The minimum absolute atomic E-state index is 0. The molecule has 16 nitrogen and oxygen atoms in total. The van der Waals surface area contributed by atoms with Crippen LogP contribution in [0, 0.1) is 36.5 Å². The van der Waals surface area contributed by atoms with E-state index < -0.39 is 28.7 Å². The van der Waals surface area contributed by atoms with E-state index in [1.807, 2.05) is 113 Å². The maximum absolute atomic E-state index is 12.5. The van der Waals surface area contributed by atoms with Crippen LogP contribution in [0.3, 0.4) is 0 Å². The molecule has 4 atom stereocenters. The lowest BCUT2D eigenvalue weighted by molar-refractivity contribution is 0.101. The molecule has 5 N–H and O–H groups in total. The van der Waals surface area contributed by atoms with Crippen LogP contribution in [0.15, 0.2) is 142 Å². The van der Waals surface area contributed by atoms with Crippen LogP contribution < -0.4 is 21.7 Å². The van der Waals surface area contributed by atoms with Crippen molar-refractivity contribution >= 4 is 74.3 Å². The van der Waals surface area contributed by atoms with Crippen molar-refractivity contribution < 1.29 is 27.3 Å². The average molecular weight is 1240 g/mol. The number of hydrogen-bond acceptors (Lipinski definition) is 15. The van der Waals surface area contributed by atoms with Crippen molar-refractivity contribution in [3.8, 4) is 35.0 Å². The maximum Gasteiger partial charge on any atom is 0.255 e. The lowest BCUT2D eigenvalue weighted by Gasteiger charge is -2.40. The van der Waals surface area contributed by atoms with Crippen LogP contribution in [0.25, 0.3) is 22.9 Å². The van der Waals surface area contributed by atoms with E-state index in [2.05, 4.69) is 116 Å². The van der Waals surface area contributed by atoms with Crippen molar-refractivity contribution in [3.63, 3.8) is 0 Å². The summed E-state index contributed by atoms with van der Waals surface area (Å²) in [5, 5.41) is 46.7. The second-order valence-electron chi connectivity index (χ2n) is 23.7. The number of nitriles is 2. The monoisotopic (exact) mass is 1230 g/mol. The summed E-state index contributed by atoms with van der Waals surface area (Å²) in [4.78, 5) is 23.2. The van der Waals surface area contributed by atoms with E-state index in [9.17, 15) is 20.1 Å². The third-order valence-electron chi connectivity index (χ3n) is 15.3. The summed E-state index contributed by atoms with van der Waals surface area (Å²) in [5.41, 5.74) is 13.8. The Morgan fingerprint density at radius 1 is 0.581 bits per heavy atom. The number of nitrogen functional groups attached to an aromatic ring is 1. The number of nitrogens with two attached hydrogens (primary N) is 1. The zero-order valence-electron chi connectivity index (χ0n) is 51.0. The highest BCUT2D eigenvalue weighted by Crippen LogP contribution is 2.42. The number of hydrogen-bond donors (Lipinski definition) is 4. The van der Waals surface area contributed by atoms with Gasteiger partial charge in [0, 0.05) is 45.0 Å². The largest absolute Gasteiger partial charge is 0.418 e. The predicted molar refractivity (Wildman–Crippen MR) is 351 cm³/mol. The highest BCUT2D eigenvalue weighted by molar-refractivity contribution is 6.74. The number of ketones is 1. The maximum atomic E-state index is 12.5. The van der Waals surface area contributed by atoms with Gasteiger partial charge in [0.2, 0.25) is 23.6 Å². The number of Topliss-reactive ketones (excluding diaryl/α,β-unsaturated/α-hetero) is 1. The molecule has 2 heterocycles. The Balaban J connectivity index is 0.000000275. The molecule has 86 heavy (non-hydrogen) atoms. The summed E-state index contributed by atoms with van der Waals surface area (Å²) in [6.45, 7) is 31.3. The smallest absolute Gasteiger partial charge is 0.255 e. The first-order chi connectivity index (χ1) is 39.9. The van der Waals surface area contributed by atoms with Gasteiger partial charge >= 0.3 is 0 Å². The molecule has 20 heteroatoms. The Morgan fingerprint density at radius 3 is 1.30 bits per heavy atom. The number of carbonyl (C=O) groups is 2. The summed E-state index contributed by atoms with van der Waals surface area (Å²) >= 11 is 12.9. The Morgan fingerprint density at radius 2 is 0.953 bits per heavy atom. The number of benzene rings is 6. The van der Waals surface area contributed by atoms with Gasteiger partial charge in [0.05, 0.1) is 33.4 Å². The first-order valence-electron chi connectivity index (χ1n) is 27.8. The summed E-state index contributed by atoms with van der Waals surface area (Å²) in [6, 6.07) is 43.1. The zero-order chi connectivity index (χ0) is 62.6. The van der Waals surface area contributed by atoms with E-state index in [0.29, 0.717) is 67.2 Å². The quantitative estimate of drug-likeness (QED) is 0.0376. The minimum Gasteiger partial charge on any atom is -0.418 e. The molecule has 0 saturated carbocycles. The molecular weight excluding hydrogens is 1160 g/mol. The topological polar surface area (TPSA) is 240 Å². The van der Waals surface area contributed by atoms with Crippen LogP contribution >= 0.6 is 23.2 Å². The fourth-order valence-electron chi connectivity index (χ4n) is 8.11. The van der Waals surface area contributed by atoms with Crippen LogP contribution in [-0.4, -0.2) is 60.9 Å². The highest BCUT2D eigenvalue weighted by atomic mass is 35.5. The van der Waals surface area contributed by atoms with Crippen LogP contribution in [0.2, 0.25) is 46.3 Å². The Hall–Kier alpha value is -7.95. The van der Waals surface area contributed by atoms with Gasteiger partial charge in [-0.1, -0.05) is 121 Å². The summed E-state index contributed by atoms with van der Waals surface area (Å²) in [7, 11) is -4.25. The van der Waals surface area contributed by atoms with Crippen molar-refractivity contribution in [2.45, 2.75) is 144 Å². The molecule has 0 radical (unpaired) electrons. The molecular formula is C66H80Cl2N10O6Si2. The van der Waals surface area contributed by atoms with E-state index in [1.54, 1.807) is 55.5 Å². The summed E-state index contributed by atoms with van der Waals surface area (Å²) in [5.74, 6) is 1.43. The van der Waals surface area contributed by atoms with Crippen molar-refractivity contribution in [3.05, 3.63) is 189 Å². The number of anilines is 4. The van der Waals surface area contributed by atoms with E-state index in [-0.39, 0.29) is 41.4 Å². The van der Waals surface area contributed by atoms with Gasteiger partial charge in [-0.3, -0.25) is 9.59 Å². The number of halogens is 2. The SMILES string of the molecule is C.CC(=O)c1ccccc1.Cc1c(N[C@@H](c2nnc(-c3ccc(N)cc3)o2)[C@H](C)O[Si](C)(C)C(C)(C)C)ccc(C#N)c1Cl.Cc1c(N[C@@H](c2nnc(-c3ccc(NC(=O)c4ccccc4)cc3)o2)[C@H](C)O[Si](C)(C)C(C)(C)C)ccc(C#N)c1Cl. The fraction of sp³-hybridized carbons (Fsp3) is 0.333. The summed E-state index contributed by atoms with van der Waals surface area (Å²) in [6.07, 6.45) is -0.613. The van der Waals surface area contributed by atoms with Gasteiger partial charge in [0.25, 0.3) is 5.91 Å². The molecule has 0 bridgehead atoms. The average Bonchev–Trinajstić information content (AvgIpc) is 2.79. The molecule has 0 fully saturated rings. The third-order valence-corrected chi connectivity index (χ3v) is 25.4. The van der Waals surface area contributed by atoms with Crippen LogP contribution in [0.4, 0.5) is 22.7 Å². The van der Waals surface area contributed by atoms with Gasteiger partial charge in [0.1, 0.15) is 24.2 Å². The predicted octanol–water partition coefficient (Wildman–Crippen LogP) is 17.6. The molecule has 8 aromatic rings. The van der Waals surface area contributed by atoms with E-state index in [4.69, 9.17) is 46.6 Å². The zero-order valence-corrected chi connectivity index (χ0v) is 54.5. The second-order valence-corrected chi connectivity index (χ2v) is 33.9. The van der Waals surface area contributed by atoms with E-state index in [1.165, 1.54) is 0 Å². The number of amides is 1. The minimum atomic E-state index is -2.16. The van der Waals surface area contributed by atoms with Crippen LogP contribution in [-0.2, 0) is 8.85 Å². The number of carbonyl (C=O) groups excluding carboxylic acids is 2. The van der Waals surface area contributed by atoms with Crippen molar-refractivity contribution in [2.24, 2.45) is 0 Å². The van der Waals surface area contributed by atoms with Gasteiger partial charge < -0.3 is 39.4 Å². The Labute approximate surface area is 519 Å². The van der Waals surface area contributed by atoms with E-state index in [0.717, 1.165) is 33.6 Å². The molecule has 8 rings (SSSR count). The molecule has 0 aliphatic rings. The lowest BCUT2D eigenvalue weighted by Crippen LogP contribution is -2.45. The lowest BCUT2D eigenvalue weighted by atomic mass is 10.1. The molecule has 0 saturated heterocycles. The van der Waals surface area contributed by atoms with Gasteiger partial charge in [0.15, 0.2) is 22.4 Å². The number of aromatic nitrogens is 4. The van der Waals surface area contributed by atoms with Gasteiger partial charge in [-0.15, -0.1) is 20.4 Å². The first-order valence-corrected chi connectivity index (χ1v) is 34.3. The highest BCUT2D eigenvalue weighted by Gasteiger charge is 2.42. The number of rotatable bonds is 17. The normalized spacial score (nSPS) is 12.9. The Kier molecular flexibility index (Phi) is 23.6. The van der Waals surface area contributed by atoms with Gasteiger partial charge in [-0.25, -0.2) is 0 Å². The first kappa shape index (κ1) is 68.8. The van der Waals surface area contributed by atoms with Crippen LogP contribution in [0.1, 0.15) is 137 Å². The van der Waals surface area contributed by atoms with Crippen molar-refractivity contribution in [1.29, 1.82) is 10.5 Å². The molecule has 0 unspecified atom stereocenters. The van der Waals surface area contributed by atoms with Gasteiger partial charge in [-0.2, -0.15) is 10.5 Å². The molecule has 452 valence electrons. The molecule has 2 aromatic heterocycles. The van der Waals surface area contributed by atoms with Crippen molar-refractivity contribution in [1.82, 2.24) is 20.4 Å². The molecule has 6 aromatic carbocycles. The second kappa shape index (κ2) is 29.4. The van der Waals surface area contributed by atoms with Crippen molar-refractivity contribution in [2.75, 3.05) is 21.7 Å². The Bertz CT molecular complexity index is 3650. The number of nitrogens with zero attached hydrogens (tertiary/aromatic N) is 6. The standard InChI is InChI=1S/C32H36ClN5O3Si.C25H32ClN5O2Si.C8H8O.CH4/c1-20-26(18-15-24(19-34)27(20)33)36-28(21(2)41-42(6,7)32(3,4)5)31-38-37-30(40-31)23-13-16-25(17-14-23)35-29(39)22-11-9-8-10-12-22;1-15-20(13-10-18(14-27)21(15)26)29-22(16(2)33-34(6,7)25(3,4)5)24-31-30-23(32-24)17-8-11-19(28)12-9-17;1-7(9)8-5-3-2-4-6-8;/h8-18,21,28,36H,1-7H3,(H,35,39);8-13,16,22,29H,28H2,1-7H3;2-6H,1H3;1H4/t21-,28+;16-,22+;;/m00../s1. The molecule has 1 amide bonds. The number of nitrogens with one attached hydrogen (secondary N) is 3. The van der Waals surface area contributed by atoms with Gasteiger partial charge in [-0.05, 0) is 167 Å². The fourth-order valence-corrected chi connectivity index (χ4v) is 11.4. The third kappa shape index (κ3) is 17.6. The van der Waals surface area contributed by atoms with E-state index >= 15 is 0 Å². The molecule has 0 aliphatic carbocycles. The van der Waals surface area contributed by atoms with Crippen LogP contribution in [0.5, 0.6) is 0 Å². The molecule has 0 aliphatic heterocycles. The summed E-state index contributed by atoms with van der Waals surface area (Å²) < 4.78 is 25.7.